The van der Waals surface area contributed by atoms with Crippen LogP contribution in [0, 0.1) is 13.8 Å². The predicted octanol–water partition coefficient (Wildman–Crippen LogP) is 0.415. The second-order valence-electron chi connectivity index (χ2n) is 3.63. The van der Waals surface area contributed by atoms with E-state index in [0.29, 0.717) is 5.82 Å². The van der Waals surface area contributed by atoms with E-state index in [9.17, 15) is 0 Å². The molecule has 0 aromatic carbocycles. The summed E-state index contributed by atoms with van der Waals surface area (Å²) in [7, 11) is 3.67. The summed E-state index contributed by atoms with van der Waals surface area (Å²) in [6, 6.07) is 0. The average Bonchev–Trinajstić information content (AvgIpc) is 2.64. The summed E-state index contributed by atoms with van der Waals surface area (Å²) >= 11 is 0. The molecule has 0 radical (unpaired) electrons. The Kier molecular flexibility index (Phi) is 1.99. The van der Waals surface area contributed by atoms with Gasteiger partial charge in [-0.25, -0.2) is 0 Å². The van der Waals surface area contributed by atoms with E-state index in [0.717, 1.165) is 22.6 Å². The normalized spacial score (nSPS) is 10.9. The minimum absolute atomic E-state index is 0.662. The van der Waals surface area contributed by atoms with Gasteiger partial charge in [-0.1, -0.05) is 5.21 Å². The summed E-state index contributed by atoms with van der Waals surface area (Å²) in [5.41, 5.74) is 9.37. The molecule has 2 N–H and O–H groups in total. The fraction of sp³-hybridized carbons (Fsp3) is 0.444. The molecule has 0 aliphatic rings. The number of aromatic nitrogens is 5. The standard InChI is InChI=1S/C9H14N6/c1-5-7(12-15(4)9(5)10)8-6(2)14(3)13-11-8/h10H2,1-4H3. The molecule has 0 bridgehead atoms. The highest BCUT2D eigenvalue weighted by Gasteiger charge is 2.17. The van der Waals surface area contributed by atoms with Crippen LogP contribution in [0.5, 0.6) is 0 Å². The molecule has 2 aromatic rings. The molecule has 6 heteroatoms. The molecule has 0 aliphatic heterocycles. The number of nitrogens with zero attached hydrogens (tertiary/aromatic N) is 5. The van der Waals surface area contributed by atoms with Gasteiger partial charge in [-0.2, -0.15) is 5.10 Å². The van der Waals surface area contributed by atoms with E-state index < -0.39 is 0 Å². The summed E-state index contributed by atoms with van der Waals surface area (Å²) < 4.78 is 3.37. The molecule has 0 atom stereocenters. The van der Waals surface area contributed by atoms with Gasteiger partial charge >= 0.3 is 0 Å². The van der Waals surface area contributed by atoms with Gasteiger partial charge < -0.3 is 5.73 Å². The SMILES string of the molecule is Cc1c(-c2nnn(C)c2C)nn(C)c1N. The van der Waals surface area contributed by atoms with Crippen LogP contribution in [-0.2, 0) is 14.1 Å². The maximum absolute atomic E-state index is 5.84. The topological polar surface area (TPSA) is 74.5 Å². The van der Waals surface area contributed by atoms with Gasteiger partial charge in [-0.15, -0.1) is 5.10 Å². The molecule has 0 saturated heterocycles. The molecule has 0 saturated carbocycles. The van der Waals surface area contributed by atoms with Crippen LogP contribution in [0.15, 0.2) is 0 Å². The Morgan fingerprint density at radius 2 is 1.73 bits per heavy atom. The monoisotopic (exact) mass is 206 g/mol. The van der Waals surface area contributed by atoms with Crippen molar-refractivity contribution in [2.75, 3.05) is 5.73 Å². The van der Waals surface area contributed by atoms with Crippen LogP contribution in [0.4, 0.5) is 5.82 Å². The van der Waals surface area contributed by atoms with Crippen molar-refractivity contribution >= 4 is 5.82 Å². The van der Waals surface area contributed by atoms with Crippen molar-refractivity contribution in [2.24, 2.45) is 14.1 Å². The van der Waals surface area contributed by atoms with Gasteiger partial charge in [0.25, 0.3) is 0 Å². The van der Waals surface area contributed by atoms with Gasteiger partial charge in [-0.05, 0) is 13.8 Å². The van der Waals surface area contributed by atoms with E-state index in [1.54, 1.807) is 9.36 Å². The van der Waals surface area contributed by atoms with Crippen LogP contribution < -0.4 is 5.73 Å². The van der Waals surface area contributed by atoms with Gasteiger partial charge in [0.15, 0.2) is 0 Å². The van der Waals surface area contributed by atoms with E-state index in [4.69, 9.17) is 5.73 Å². The van der Waals surface area contributed by atoms with Crippen molar-refractivity contribution in [3.05, 3.63) is 11.3 Å². The highest BCUT2D eigenvalue weighted by atomic mass is 15.4. The number of nitrogen functional groups attached to an aromatic ring is 1. The zero-order valence-electron chi connectivity index (χ0n) is 9.31. The number of hydrogen-bond acceptors (Lipinski definition) is 4. The van der Waals surface area contributed by atoms with Gasteiger partial charge in [0, 0.05) is 19.7 Å². The summed E-state index contributed by atoms with van der Waals surface area (Å²) in [6.07, 6.45) is 0. The third kappa shape index (κ3) is 1.29. The van der Waals surface area contributed by atoms with Crippen LogP contribution in [0.3, 0.4) is 0 Å². The van der Waals surface area contributed by atoms with Crippen molar-refractivity contribution in [1.82, 2.24) is 24.8 Å². The van der Waals surface area contributed by atoms with Crippen LogP contribution in [0.1, 0.15) is 11.3 Å². The Hall–Kier alpha value is -1.85. The molecule has 2 rings (SSSR count). The fourth-order valence-electron chi connectivity index (χ4n) is 1.49. The molecule has 2 aromatic heterocycles. The smallest absolute Gasteiger partial charge is 0.136 e. The first kappa shape index (κ1) is 9.70. The zero-order valence-corrected chi connectivity index (χ0v) is 9.31. The molecule has 0 aliphatic carbocycles. The van der Waals surface area contributed by atoms with Gasteiger partial charge in [0.2, 0.25) is 0 Å². The first-order valence-corrected chi connectivity index (χ1v) is 4.68. The maximum atomic E-state index is 5.84. The molecule has 2 heterocycles. The Labute approximate surface area is 87.7 Å². The van der Waals surface area contributed by atoms with Crippen LogP contribution in [-0.4, -0.2) is 24.8 Å². The second kappa shape index (κ2) is 3.08. The van der Waals surface area contributed by atoms with Crippen molar-refractivity contribution in [2.45, 2.75) is 13.8 Å². The predicted molar refractivity (Wildman–Crippen MR) is 57.1 cm³/mol. The number of nitrogens with two attached hydrogens (primary N) is 1. The fourth-order valence-corrected chi connectivity index (χ4v) is 1.49. The van der Waals surface area contributed by atoms with Crippen molar-refractivity contribution in [3.8, 4) is 11.4 Å². The second-order valence-corrected chi connectivity index (χ2v) is 3.63. The Bertz CT molecular complexity index is 507. The van der Waals surface area contributed by atoms with Gasteiger partial charge in [0.1, 0.15) is 17.2 Å². The summed E-state index contributed by atoms with van der Waals surface area (Å²) in [6.45, 7) is 3.89. The highest BCUT2D eigenvalue weighted by molar-refractivity contribution is 5.66. The number of rotatable bonds is 1. The summed E-state index contributed by atoms with van der Waals surface area (Å²) in [5, 5.41) is 12.4. The molecular formula is C9H14N6. The molecular weight excluding hydrogens is 192 g/mol. The quantitative estimate of drug-likeness (QED) is 0.733. The van der Waals surface area contributed by atoms with Gasteiger partial charge in [-0.3, -0.25) is 9.36 Å². The molecule has 0 unspecified atom stereocenters. The lowest BCUT2D eigenvalue weighted by Crippen LogP contribution is -1.97. The van der Waals surface area contributed by atoms with Crippen LogP contribution in [0.2, 0.25) is 0 Å². The van der Waals surface area contributed by atoms with Crippen molar-refractivity contribution in [3.63, 3.8) is 0 Å². The van der Waals surface area contributed by atoms with Crippen LogP contribution >= 0.6 is 0 Å². The zero-order chi connectivity index (χ0) is 11.2. The van der Waals surface area contributed by atoms with E-state index in [1.807, 2.05) is 27.9 Å². The lowest BCUT2D eigenvalue weighted by Gasteiger charge is -1.95. The van der Waals surface area contributed by atoms with E-state index >= 15 is 0 Å². The Morgan fingerprint density at radius 1 is 1.07 bits per heavy atom. The molecule has 0 amide bonds. The highest BCUT2D eigenvalue weighted by Crippen LogP contribution is 2.25. The molecule has 0 spiro atoms. The van der Waals surface area contributed by atoms with E-state index in [2.05, 4.69) is 15.4 Å². The first-order chi connectivity index (χ1) is 7.02. The molecule has 0 fully saturated rings. The lowest BCUT2D eigenvalue weighted by molar-refractivity contribution is 0.696. The third-order valence-corrected chi connectivity index (χ3v) is 2.67. The largest absolute Gasteiger partial charge is 0.384 e. The van der Waals surface area contributed by atoms with Crippen molar-refractivity contribution < 1.29 is 0 Å². The number of anilines is 1. The summed E-state index contributed by atoms with van der Waals surface area (Å²) in [4.78, 5) is 0. The first-order valence-electron chi connectivity index (χ1n) is 4.68. The lowest BCUT2D eigenvalue weighted by atomic mass is 10.2. The van der Waals surface area contributed by atoms with E-state index in [-0.39, 0.29) is 0 Å². The van der Waals surface area contributed by atoms with E-state index in [1.165, 1.54) is 0 Å². The number of hydrogen-bond donors (Lipinski definition) is 1. The summed E-state index contributed by atoms with van der Waals surface area (Å²) in [5.74, 6) is 0.662. The Morgan fingerprint density at radius 3 is 2.13 bits per heavy atom. The third-order valence-electron chi connectivity index (χ3n) is 2.67. The average molecular weight is 206 g/mol. The van der Waals surface area contributed by atoms with Crippen LogP contribution in [0.25, 0.3) is 11.4 Å². The molecule has 6 nitrogen and oxygen atoms in total. The van der Waals surface area contributed by atoms with Gasteiger partial charge in [0.05, 0.1) is 5.69 Å². The Balaban J connectivity index is 2.64. The molecule has 15 heavy (non-hydrogen) atoms. The van der Waals surface area contributed by atoms with Crippen molar-refractivity contribution in [1.29, 1.82) is 0 Å². The maximum Gasteiger partial charge on any atom is 0.136 e. The minimum atomic E-state index is 0.662. The minimum Gasteiger partial charge on any atom is -0.384 e. The molecule has 80 valence electrons. The number of aryl methyl sites for hydroxylation is 2.